The van der Waals surface area contributed by atoms with Gasteiger partial charge in [-0.25, -0.2) is 13.8 Å². The Labute approximate surface area is 181 Å². The first-order chi connectivity index (χ1) is 14.3. The molecule has 7 heteroatoms. The van der Waals surface area contributed by atoms with Crippen LogP contribution in [0.5, 0.6) is 5.88 Å². The number of nitrogens with zero attached hydrogens (tertiary/aromatic N) is 1. The number of halogens is 3. The van der Waals surface area contributed by atoms with E-state index in [-0.39, 0.29) is 29.2 Å². The van der Waals surface area contributed by atoms with Gasteiger partial charge in [0.1, 0.15) is 23.2 Å². The number of nitrogens with one attached hydrogen (secondary N) is 1. The van der Waals surface area contributed by atoms with Crippen molar-refractivity contribution in [2.45, 2.75) is 32.6 Å². The summed E-state index contributed by atoms with van der Waals surface area (Å²) in [5.74, 6) is -1.41. The maximum Gasteiger partial charge on any atom is 0.316 e. The molecule has 1 aliphatic rings. The van der Waals surface area contributed by atoms with E-state index in [0.29, 0.717) is 18.0 Å². The monoisotopic (exact) mass is 474 g/mol. The van der Waals surface area contributed by atoms with Crippen LogP contribution >= 0.6 is 15.9 Å². The lowest BCUT2D eigenvalue weighted by molar-refractivity contribution is -0.141. The summed E-state index contributed by atoms with van der Waals surface area (Å²) in [5.41, 5.74) is 1.61. The third-order valence-electron chi connectivity index (χ3n) is 5.32. The summed E-state index contributed by atoms with van der Waals surface area (Å²) in [6.45, 7) is 4.16. The molecule has 0 aliphatic carbocycles. The number of H-pyrrole nitrogens is 1. The van der Waals surface area contributed by atoms with E-state index in [2.05, 4.69) is 39.7 Å². The van der Waals surface area contributed by atoms with Crippen LogP contribution in [0.4, 0.5) is 8.78 Å². The molecule has 0 bridgehead atoms. The largest absolute Gasteiger partial charge is 0.407 e. The van der Waals surface area contributed by atoms with Crippen molar-refractivity contribution < 1.29 is 18.3 Å². The van der Waals surface area contributed by atoms with Gasteiger partial charge in [-0.15, -0.1) is 0 Å². The number of ether oxygens (including phenoxy) is 1. The minimum Gasteiger partial charge on any atom is -0.407 e. The number of fused-ring (bicyclic) bond motifs is 1. The second-order valence-electron chi connectivity index (χ2n) is 8.02. The van der Waals surface area contributed by atoms with Crippen LogP contribution in [0.25, 0.3) is 11.4 Å². The average molecular weight is 475 g/mol. The number of hydrogen-bond donors (Lipinski definition) is 1. The molecular formula is C23H21BrF2N2O2. The predicted molar refractivity (Wildman–Crippen MR) is 113 cm³/mol. The number of aromatic amines is 1. The summed E-state index contributed by atoms with van der Waals surface area (Å²) < 4.78 is 34.4. The molecule has 2 aromatic carbocycles. The van der Waals surface area contributed by atoms with Crippen LogP contribution in [-0.2, 0) is 11.2 Å². The molecule has 30 heavy (non-hydrogen) atoms. The van der Waals surface area contributed by atoms with E-state index in [1.54, 1.807) is 0 Å². The Morgan fingerprint density at radius 3 is 2.57 bits per heavy atom. The molecule has 2 heterocycles. The van der Waals surface area contributed by atoms with E-state index < -0.39 is 17.6 Å². The highest BCUT2D eigenvalue weighted by molar-refractivity contribution is 9.10. The molecule has 2 atom stereocenters. The Balaban J connectivity index is 1.73. The summed E-state index contributed by atoms with van der Waals surface area (Å²) in [4.78, 5) is 20.3. The molecule has 0 saturated heterocycles. The Bertz CT molecular complexity index is 1080. The Morgan fingerprint density at radius 1 is 1.13 bits per heavy atom. The molecule has 0 spiro atoms. The first kappa shape index (κ1) is 20.7. The minimum atomic E-state index is -0.597. The van der Waals surface area contributed by atoms with Crippen LogP contribution in [0.1, 0.15) is 37.4 Å². The highest BCUT2D eigenvalue weighted by Gasteiger charge is 2.40. The maximum atomic E-state index is 14.3. The summed E-state index contributed by atoms with van der Waals surface area (Å²) in [6.07, 6.45) is 1.23. The standard InChI is InChI=1S/C23H21BrF2N2O2/c1-12(2)9-16-17(10-13-3-5-14(24)6-4-13)23(29)30-22-20(16)27-21(28-22)18-11-15(25)7-8-19(18)26/h3-8,11-12,16-17H,9-10H2,1-2H3,(H,27,28)/t16-,17+/m1/s1. The van der Waals surface area contributed by atoms with Crippen molar-refractivity contribution in [1.82, 2.24) is 9.97 Å². The number of hydrogen-bond acceptors (Lipinski definition) is 3. The van der Waals surface area contributed by atoms with E-state index in [0.717, 1.165) is 34.7 Å². The van der Waals surface area contributed by atoms with Gasteiger partial charge in [-0.3, -0.25) is 4.79 Å². The molecule has 156 valence electrons. The van der Waals surface area contributed by atoms with Crippen LogP contribution < -0.4 is 4.74 Å². The van der Waals surface area contributed by atoms with Gasteiger partial charge < -0.3 is 9.72 Å². The van der Waals surface area contributed by atoms with Crippen LogP contribution in [0.3, 0.4) is 0 Å². The second kappa shape index (κ2) is 8.30. The topological polar surface area (TPSA) is 55.0 Å². The van der Waals surface area contributed by atoms with Gasteiger partial charge in [0.25, 0.3) is 0 Å². The number of carbonyl (C=O) groups is 1. The van der Waals surface area contributed by atoms with Gasteiger partial charge in [-0.05, 0) is 54.7 Å². The molecule has 1 aromatic heterocycles. The zero-order valence-corrected chi connectivity index (χ0v) is 18.2. The lowest BCUT2D eigenvalue weighted by Crippen LogP contribution is -2.34. The van der Waals surface area contributed by atoms with Crippen molar-refractivity contribution in [3.8, 4) is 17.3 Å². The van der Waals surface area contributed by atoms with Gasteiger partial charge in [-0.2, -0.15) is 0 Å². The highest BCUT2D eigenvalue weighted by atomic mass is 79.9. The molecule has 4 rings (SSSR count). The van der Waals surface area contributed by atoms with Crippen molar-refractivity contribution in [2.24, 2.45) is 11.8 Å². The summed E-state index contributed by atoms with van der Waals surface area (Å²) in [7, 11) is 0. The number of imidazole rings is 1. The van der Waals surface area contributed by atoms with Gasteiger partial charge in [0.15, 0.2) is 0 Å². The quantitative estimate of drug-likeness (QED) is 0.459. The maximum absolute atomic E-state index is 14.3. The molecule has 3 aromatic rings. The smallest absolute Gasteiger partial charge is 0.316 e. The molecular weight excluding hydrogens is 454 g/mol. The van der Waals surface area contributed by atoms with Crippen molar-refractivity contribution in [2.75, 3.05) is 0 Å². The third-order valence-corrected chi connectivity index (χ3v) is 5.85. The van der Waals surface area contributed by atoms with Crippen molar-refractivity contribution in [1.29, 1.82) is 0 Å². The number of esters is 1. The number of rotatable bonds is 5. The Kier molecular flexibility index (Phi) is 5.73. The van der Waals surface area contributed by atoms with E-state index >= 15 is 0 Å². The normalized spacial score (nSPS) is 18.4. The SMILES string of the molecule is CC(C)C[C@H]1c2nc(-c3cc(F)ccc3F)[nH]c2OC(=O)[C@H]1Cc1ccc(Br)cc1. The predicted octanol–water partition coefficient (Wildman–Crippen LogP) is 6.03. The minimum absolute atomic E-state index is 0.00760. The van der Waals surface area contributed by atoms with Crippen molar-refractivity contribution >= 4 is 21.9 Å². The zero-order chi connectivity index (χ0) is 21.4. The van der Waals surface area contributed by atoms with Crippen LogP contribution in [0.15, 0.2) is 46.9 Å². The summed E-state index contributed by atoms with van der Waals surface area (Å²) >= 11 is 3.42. The number of benzene rings is 2. The first-order valence-corrected chi connectivity index (χ1v) is 10.6. The molecule has 1 aliphatic heterocycles. The van der Waals surface area contributed by atoms with E-state index in [9.17, 15) is 13.6 Å². The lowest BCUT2D eigenvalue weighted by Gasteiger charge is -2.30. The molecule has 0 fully saturated rings. The van der Waals surface area contributed by atoms with Gasteiger partial charge >= 0.3 is 5.97 Å². The Morgan fingerprint density at radius 2 is 1.87 bits per heavy atom. The molecule has 1 N–H and O–H groups in total. The number of carbonyl (C=O) groups excluding carboxylic acids is 1. The van der Waals surface area contributed by atoms with E-state index in [1.165, 1.54) is 0 Å². The average Bonchev–Trinajstić information content (AvgIpc) is 3.11. The molecule has 0 radical (unpaired) electrons. The third kappa shape index (κ3) is 4.17. The fraction of sp³-hybridized carbons (Fsp3) is 0.304. The van der Waals surface area contributed by atoms with Crippen LogP contribution in [0, 0.1) is 23.5 Å². The molecule has 0 unspecified atom stereocenters. The van der Waals surface area contributed by atoms with Crippen LogP contribution in [-0.4, -0.2) is 15.9 Å². The van der Waals surface area contributed by atoms with Crippen molar-refractivity contribution in [3.63, 3.8) is 0 Å². The second-order valence-corrected chi connectivity index (χ2v) is 8.93. The summed E-state index contributed by atoms with van der Waals surface area (Å²) in [5, 5.41) is 0. The van der Waals surface area contributed by atoms with E-state index in [4.69, 9.17) is 4.74 Å². The molecule has 0 saturated carbocycles. The van der Waals surface area contributed by atoms with Gasteiger partial charge in [0.05, 0.1) is 11.5 Å². The fourth-order valence-electron chi connectivity index (χ4n) is 3.92. The lowest BCUT2D eigenvalue weighted by atomic mass is 9.78. The van der Waals surface area contributed by atoms with Crippen LogP contribution in [0.2, 0.25) is 0 Å². The highest BCUT2D eigenvalue weighted by Crippen LogP contribution is 2.43. The zero-order valence-electron chi connectivity index (χ0n) is 16.6. The molecule has 0 amide bonds. The molecule has 4 nitrogen and oxygen atoms in total. The first-order valence-electron chi connectivity index (χ1n) is 9.83. The Hall–Kier alpha value is -2.54. The summed E-state index contributed by atoms with van der Waals surface area (Å²) in [6, 6.07) is 11.0. The van der Waals surface area contributed by atoms with Crippen molar-refractivity contribution in [3.05, 3.63) is 69.8 Å². The fourth-order valence-corrected chi connectivity index (χ4v) is 4.19. The van der Waals surface area contributed by atoms with Gasteiger partial charge in [-0.1, -0.05) is 41.9 Å². The number of aromatic nitrogens is 2. The van der Waals surface area contributed by atoms with Gasteiger partial charge in [0.2, 0.25) is 5.88 Å². The van der Waals surface area contributed by atoms with Gasteiger partial charge in [0, 0.05) is 10.4 Å². The van der Waals surface area contributed by atoms with E-state index in [1.807, 2.05) is 24.3 Å².